The van der Waals surface area contributed by atoms with Gasteiger partial charge in [-0.2, -0.15) is 0 Å². The number of nitrogens with one attached hydrogen (secondary N) is 2. The fourth-order valence-corrected chi connectivity index (χ4v) is 1.86. The molecule has 0 saturated heterocycles. The molecule has 0 amide bonds. The smallest absolute Gasteiger partial charge is 0.248 e. The topological polar surface area (TPSA) is 64.0 Å². The van der Waals surface area contributed by atoms with Crippen molar-refractivity contribution in [2.75, 3.05) is 25.6 Å². The van der Waals surface area contributed by atoms with Crippen molar-refractivity contribution in [3.05, 3.63) is 42.0 Å². The van der Waals surface area contributed by atoms with E-state index in [0.717, 1.165) is 5.56 Å². The number of ether oxygens (including phenoxy) is 1. The molecule has 0 spiro atoms. The van der Waals surface area contributed by atoms with Gasteiger partial charge in [-0.05, 0) is 29.9 Å². The molecule has 2 rings (SSSR count). The number of anilines is 1. The summed E-state index contributed by atoms with van der Waals surface area (Å²) < 4.78 is 19.6. The van der Waals surface area contributed by atoms with Crippen LogP contribution in [-0.2, 0) is 11.3 Å². The molecule has 112 valence electrons. The second-order valence-electron chi connectivity index (χ2n) is 4.27. The first-order valence-electron chi connectivity index (χ1n) is 6.35. The van der Waals surface area contributed by atoms with Crippen molar-refractivity contribution in [2.24, 2.45) is 0 Å². The molecular formula is C13H16FN5OS. The summed E-state index contributed by atoms with van der Waals surface area (Å²) in [7, 11) is 1.62. The Morgan fingerprint density at radius 1 is 1.48 bits per heavy atom. The van der Waals surface area contributed by atoms with Crippen LogP contribution >= 0.6 is 12.2 Å². The van der Waals surface area contributed by atoms with Crippen molar-refractivity contribution in [3.63, 3.8) is 0 Å². The number of thiocarbonyl (C=S) groups is 1. The van der Waals surface area contributed by atoms with Crippen LogP contribution in [0.3, 0.4) is 0 Å². The van der Waals surface area contributed by atoms with Crippen LogP contribution in [0.15, 0.2) is 30.6 Å². The second-order valence-corrected chi connectivity index (χ2v) is 4.68. The molecular weight excluding hydrogens is 293 g/mol. The molecule has 1 aromatic carbocycles. The average molecular weight is 309 g/mol. The molecule has 21 heavy (non-hydrogen) atoms. The summed E-state index contributed by atoms with van der Waals surface area (Å²) in [5, 5.41) is 10.5. The van der Waals surface area contributed by atoms with Crippen LogP contribution in [0.2, 0.25) is 0 Å². The van der Waals surface area contributed by atoms with Gasteiger partial charge in [-0.15, -0.1) is 5.10 Å². The molecule has 0 atom stereocenters. The molecule has 1 heterocycles. The third kappa shape index (κ3) is 5.09. The van der Waals surface area contributed by atoms with Crippen molar-refractivity contribution in [2.45, 2.75) is 6.54 Å². The number of hydrogen-bond donors (Lipinski definition) is 2. The SMILES string of the molecule is COCCNC(=S)Nc1ncn(Cc2cccc(F)c2)n1. The first-order chi connectivity index (χ1) is 10.2. The molecule has 6 nitrogen and oxygen atoms in total. The average Bonchev–Trinajstić information content (AvgIpc) is 2.86. The van der Waals surface area contributed by atoms with Gasteiger partial charge in [0.05, 0.1) is 13.2 Å². The molecule has 2 aromatic rings. The molecule has 2 N–H and O–H groups in total. The van der Waals surface area contributed by atoms with Gasteiger partial charge in [0.2, 0.25) is 5.95 Å². The van der Waals surface area contributed by atoms with Gasteiger partial charge in [0.25, 0.3) is 0 Å². The molecule has 1 aromatic heterocycles. The van der Waals surface area contributed by atoms with Crippen LogP contribution in [0.25, 0.3) is 0 Å². The lowest BCUT2D eigenvalue weighted by atomic mass is 10.2. The predicted molar refractivity (Wildman–Crippen MR) is 81.6 cm³/mol. The Balaban J connectivity index is 1.88. The van der Waals surface area contributed by atoms with Crippen LogP contribution in [0.5, 0.6) is 0 Å². The highest BCUT2D eigenvalue weighted by atomic mass is 32.1. The third-order valence-corrected chi connectivity index (χ3v) is 2.83. The monoisotopic (exact) mass is 309 g/mol. The van der Waals surface area contributed by atoms with Crippen LogP contribution in [0.4, 0.5) is 10.3 Å². The van der Waals surface area contributed by atoms with Crippen LogP contribution < -0.4 is 10.6 Å². The maximum atomic E-state index is 13.1. The number of rotatable bonds is 6. The summed E-state index contributed by atoms with van der Waals surface area (Å²) in [6.45, 7) is 1.60. The third-order valence-electron chi connectivity index (χ3n) is 2.59. The van der Waals surface area contributed by atoms with Crippen LogP contribution in [0, 0.1) is 5.82 Å². The lowest BCUT2D eigenvalue weighted by Gasteiger charge is -2.06. The maximum Gasteiger partial charge on any atom is 0.248 e. The van der Waals surface area contributed by atoms with E-state index >= 15 is 0 Å². The van der Waals surface area contributed by atoms with Gasteiger partial charge in [0.1, 0.15) is 12.1 Å². The predicted octanol–water partition coefficient (Wildman–Crippen LogP) is 1.40. The zero-order chi connectivity index (χ0) is 15.1. The molecule has 0 aliphatic carbocycles. The normalized spacial score (nSPS) is 10.4. The zero-order valence-electron chi connectivity index (χ0n) is 11.5. The molecule has 0 aliphatic heterocycles. The van der Waals surface area contributed by atoms with Gasteiger partial charge in [-0.3, -0.25) is 5.32 Å². The van der Waals surface area contributed by atoms with Gasteiger partial charge in [0.15, 0.2) is 5.11 Å². The fourth-order valence-electron chi connectivity index (χ4n) is 1.66. The number of hydrogen-bond acceptors (Lipinski definition) is 4. The highest BCUT2D eigenvalue weighted by Crippen LogP contribution is 2.06. The lowest BCUT2D eigenvalue weighted by Crippen LogP contribution is -2.31. The van der Waals surface area contributed by atoms with E-state index in [1.165, 1.54) is 12.1 Å². The van der Waals surface area contributed by atoms with Gasteiger partial charge in [-0.25, -0.2) is 14.1 Å². The number of methoxy groups -OCH3 is 1. The largest absolute Gasteiger partial charge is 0.383 e. The van der Waals surface area contributed by atoms with E-state index in [1.54, 1.807) is 24.2 Å². The summed E-state index contributed by atoms with van der Waals surface area (Å²) in [5.41, 5.74) is 0.812. The van der Waals surface area contributed by atoms with Gasteiger partial charge in [0, 0.05) is 13.7 Å². The van der Waals surface area contributed by atoms with Crippen LogP contribution in [0.1, 0.15) is 5.56 Å². The van der Waals surface area contributed by atoms with E-state index in [2.05, 4.69) is 20.7 Å². The minimum Gasteiger partial charge on any atom is -0.383 e. The molecule has 0 unspecified atom stereocenters. The van der Waals surface area contributed by atoms with Gasteiger partial charge >= 0.3 is 0 Å². The molecule has 0 radical (unpaired) electrons. The summed E-state index contributed by atoms with van der Waals surface area (Å²) in [4.78, 5) is 4.09. The molecule has 0 fully saturated rings. The van der Waals surface area contributed by atoms with Gasteiger partial charge < -0.3 is 10.1 Å². The number of nitrogens with zero attached hydrogens (tertiary/aromatic N) is 3. The second kappa shape index (κ2) is 7.65. The number of benzene rings is 1. The summed E-state index contributed by atoms with van der Waals surface area (Å²) in [5.74, 6) is 0.121. The standard InChI is InChI=1S/C13H16FN5OS/c1-20-6-5-15-13(21)17-12-16-9-19(18-12)8-10-3-2-4-11(14)7-10/h2-4,7,9H,5-6,8H2,1H3,(H2,15,17,18,21). The van der Waals surface area contributed by atoms with E-state index in [0.29, 0.717) is 30.8 Å². The van der Waals surface area contributed by atoms with E-state index < -0.39 is 0 Å². The summed E-state index contributed by atoms with van der Waals surface area (Å²) in [6.07, 6.45) is 1.56. The quantitative estimate of drug-likeness (QED) is 0.621. The highest BCUT2D eigenvalue weighted by molar-refractivity contribution is 7.80. The first-order valence-corrected chi connectivity index (χ1v) is 6.76. The molecule has 0 saturated carbocycles. The Morgan fingerprint density at radius 2 is 2.33 bits per heavy atom. The van der Waals surface area contributed by atoms with Crippen molar-refractivity contribution in [3.8, 4) is 0 Å². The minimum absolute atomic E-state index is 0.269. The van der Waals surface area contributed by atoms with Crippen molar-refractivity contribution >= 4 is 23.3 Å². The van der Waals surface area contributed by atoms with Gasteiger partial charge in [-0.1, -0.05) is 12.1 Å². The molecule has 0 bridgehead atoms. The minimum atomic E-state index is -0.269. The van der Waals surface area contributed by atoms with Crippen molar-refractivity contribution in [1.82, 2.24) is 20.1 Å². The van der Waals surface area contributed by atoms with Crippen molar-refractivity contribution < 1.29 is 9.13 Å². The number of aromatic nitrogens is 3. The summed E-state index contributed by atoms with van der Waals surface area (Å²) in [6, 6.07) is 6.36. The van der Waals surface area contributed by atoms with E-state index in [4.69, 9.17) is 17.0 Å². The van der Waals surface area contributed by atoms with E-state index in [9.17, 15) is 4.39 Å². The Bertz CT molecular complexity index is 604. The number of halogens is 1. The van der Waals surface area contributed by atoms with E-state index in [1.807, 2.05) is 6.07 Å². The Hall–Kier alpha value is -2.06. The van der Waals surface area contributed by atoms with Crippen LogP contribution in [-0.4, -0.2) is 40.1 Å². The molecule has 8 heteroatoms. The Kier molecular flexibility index (Phi) is 5.59. The highest BCUT2D eigenvalue weighted by Gasteiger charge is 2.04. The maximum absolute atomic E-state index is 13.1. The van der Waals surface area contributed by atoms with E-state index in [-0.39, 0.29) is 5.82 Å². The Morgan fingerprint density at radius 3 is 3.10 bits per heavy atom. The Labute approximate surface area is 127 Å². The summed E-state index contributed by atoms with van der Waals surface area (Å²) >= 11 is 5.09. The zero-order valence-corrected chi connectivity index (χ0v) is 12.4. The molecule has 0 aliphatic rings. The van der Waals surface area contributed by atoms with Crippen molar-refractivity contribution in [1.29, 1.82) is 0 Å². The first kappa shape index (κ1) is 15.3. The fraction of sp³-hybridized carbons (Fsp3) is 0.308. The lowest BCUT2D eigenvalue weighted by molar-refractivity contribution is 0.204.